The Morgan fingerprint density at radius 3 is 1.45 bits per heavy atom. The number of hydrogen-bond acceptors (Lipinski definition) is 6. The second-order valence-corrected chi connectivity index (χ2v) is 9.50. The predicted octanol–water partition coefficient (Wildman–Crippen LogP) is 6.88. The highest BCUT2D eigenvalue weighted by Gasteiger charge is 2.02. The quantitative estimate of drug-likeness (QED) is 0.0617. The Bertz CT molecular complexity index is 613. The van der Waals surface area contributed by atoms with Crippen LogP contribution in [-0.2, 0) is 28.5 Å². The van der Waals surface area contributed by atoms with Gasteiger partial charge < -0.3 is 23.7 Å². The van der Waals surface area contributed by atoms with E-state index in [4.69, 9.17) is 23.7 Å². The summed E-state index contributed by atoms with van der Waals surface area (Å²) >= 11 is 0. The molecule has 0 aliphatic carbocycles. The van der Waals surface area contributed by atoms with Gasteiger partial charge in [0.15, 0.2) is 0 Å². The first-order chi connectivity index (χ1) is 18.8. The third-order valence-electron chi connectivity index (χ3n) is 5.99. The first-order valence-electron chi connectivity index (χ1n) is 15.1. The number of carbonyl (C=O) groups is 1. The summed E-state index contributed by atoms with van der Waals surface area (Å²) in [5, 5.41) is 0. The molecule has 0 aliphatic rings. The zero-order valence-electron chi connectivity index (χ0n) is 24.6. The van der Waals surface area contributed by atoms with Crippen LogP contribution in [0, 0.1) is 23.7 Å². The fraction of sp³-hybridized carbons (Fsp3) is 0.844. The van der Waals surface area contributed by atoms with E-state index in [1.54, 1.807) is 7.11 Å². The molecule has 0 radical (unpaired) electrons. The Hall–Kier alpha value is -1.57. The van der Waals surface area contributed by atoms with Crippen molar-refractivity contribution >= 4 is 5.97 Å². The van der Waals surface area contributed by atoms with E-state index in [0.29, 0.717) is 59.3 Å². The Balaban J connectivity index is 3.29. The molecule has 0 heterocycles. The smallest absolute Gasteiger partial charge is 0.305 e. The highest BCUT2D eigenvalue weighted by Crippen LogP contribution is 2.10. The van der Waals surface area contributed by atoms with Crippen molar-refractivity contribution in [2.75, 3.05) is 60.0 Å². The number of methoxy groups -OCH3 is 1. The van der Waals surface area contributed by atoms with Crippen molar-refractivity contribution < 1.29 is 28.5 Å². The molecule has 6 nitrogen and oxygen atoms in total. The molecule has 0 unspecified atom stereocenters. The van der Waals surface area contributed by atoms with Crippen LogP contribution >= 0.6 is 0 Å². The van der Waals surface area contributed by atoms with Gasteiger partial charge in [0.25, 0.3) is 0 Å². The summed E-state index contributed by atoms with van der Waals surface area (Å²) in [6, 6.07) is 0. The van der Waals surface area contributed by atoms with Crippen molar-refractivity contribution in [2.24, 2.45) is 0 Å². The SMILES string of the molecule is CCCCCCCCCCC#CC#CCCCCCCCCC(=O)OCCOCCOCCOCCOC. The maximum absolute atomic E-state index is 11.8. The molecule has 0 saturated heterocycles. The summed E-state index contributed by atoms with van der Waals surface area (Å²) in [5.74, 6) is 12.2. The lowest BCUT2D eigenvalue weighted by molar-refractivity contribution is -0.145. The van der Waals surface area contributed by atoms with E-state index in [1.165, 1.54) is 64.2 Å². The van der Waals surface area contributed by atoms with Crippen LogP contribution in [0.2, 0.25) is 0 Å². The molecule has 0 saturated carbocycles. The Morgan fingerprint density at radius 1 is 0.526 bits per heavy atom. The molecule has 0 rings (SSSR count). The highest BCUT2D eigenvalue weighted by atomic mass is 16.6. The van der Waals surface area contributed by atoms with Gasteiger partial charge in [0, 0.05) is 26.4 Å². The van der Waals surface area contributed by atoms with E-state index in [9.17, 15) is 4.79 Å². The van der Waals surface area contributed by atoms with Crippen LogP contribution < -0.4 is 0 Å². The second kappa shape index (κ2) is 33.5. The fourth-order valence-electron chi connectivity index (χ4n) is 3.72. The van der Waals surface area contributed by atoms with Gasteiger partial charge in [-0.15, -0.1) is 0 Å². The number of hydrogen-bond donors (Lipinski definition) is 0. The van der Waals surface area contributed by atoms with Crippen LogP contribution in [0.15, 0.2) is 0 Å². The molecule has 0 amide bonds. The van der Waals surface area contributed by atoms with Crippen molar-refractivity contribution in [1.82, 2.24) is 0 Å². The summed E-state index contributed by atoms with van der Waals surface area (Å²) in [6.07, 6.45) is 19.7. The second-order valence-electron chi connectivity index (χ2n) is 9.50. The minimum absolute atomic E-state index is 0.142. The zero-order chi connectivity index (χ0) is 27.6. The summed E-state index contributed by atoms with van der Waals surface area (Å²) in [6.45, 7) is 6.18. The molecule has 0 bridgehead atoms. The van der Waals surface area contributed by atoms with Crippen molar-refractivity contribution in [1.29, 1.82) is 0 Å². The lowest BCUT2D eigenvalue weighted by atomic mass is 10.1. The summed E-state index contributed by atoms with van der Waals surface area (Å²) in [4.78, 5) is 11.8. The van der Waals surface area contributed by atoms with E-state index >= 15 is 0 Å². The number of esters is 1. The first kappa shape index (κ1) is 36.4. The van der Waals surface area contributed by atoms with Gasteiger partial charge in [-0.2, -0.15) is 0 Å². The molecule has 0 aromatic heterocycles. The van der Waals surface area contributed by atoms with Gasteiger partial charge in [0.1, 0.15) is 6.61 Å². The minimum atomic E-state index is -0.142. The molecular formula is C32H56O6. The lowest BCUT2D eigenvalue weighted by Crippen LogP contribution is -2.14. The van der Waals surface area contributed by atoms with Crippen LogP contribution in [-0.4, -0.2) is 65.9 Å². The number of unbranched alkanes of at least 4 members (excludes halogenated alkanes) is 14. The zero-order valence-corrected chi connectivity index (χ0v) is 24.6. The number of rotatable bonds is 28. The summed E-state index contributed by atoms with van der Waals surface area (Å²) in [7, 11) is 1.64. The molecule has 220 valence electrons. The van der Waals surface area contributed by atoms with Gasteiger partial charge >= 0.3 is 5.97 Å². The average Bonchev–Trinajstić information content (AvgIpc) is 2.92. The topological polar surface area (TPSA) is 63.2 Å². The molecule has 0 aromatic rings. The molecular weight excluding hydrogens is 480 g/mol. The summed E-state index contributed by atoms with van der Waals surface area (Å²) in [5.41, 5.74) is 0. The Labute approximate surface area is 234 Å². The number of ether oxygens (including phenoxy) is 5. The lowest BCUT2D eigenvalue weighted by Gasteiger charge is -2.07. The van der Waals surface area contributed by atoms with Crippen LogP contribution in [0.3, 0.4) is 0 Å². The fourth-order valence-corrected chi connectivity index (χ4v) is 3.72. The van der Waals surface area contributed by atoms with E-state index < -0.39 is 0 Å². The van der Waals surface area contributed by atoms with E-state index in [2.05, 4.69) is 30.6 Å². The third kappa shape index (κ3) is 32.5. The molecule has 0 N–H and O–H groups in total. The van der Waals surface area contributed by atoms with Crippen LogP contribution in [0.1, 0.15) is 116 Å². The largest absolute Gasteiger partial charge is 0.463 e. The maximum atomic E-state index is 11.8. The van der Waals surface area contributed by atoms with Gasteiger partial charge in [-0.1, -0.05) is 89.4 Å². The molecule has 6 heteroatoms. The molecule has 0 fully saturated rings. The molecule has 0 atom stereocenters. The molecule has 0 spiro atoms. The first-order valence-corrected chi connectivity index (χ1v) is 15.1. The standard InChI is InChI=1S/C32H56O6/c1-3-4-5-6-7-8-9-10-11-12-13-14-15-16-17-18-19-20-21-22-23-32(33)38-31-30-37-29-28-36-27-26-35-25-24-34-2/h3-11,16-31H2,1-2H3. The van der Waals surface area contributed by atoms with E-state index in [-0.39, 0.29) is 5.97 Å². The van der Waals surface area contributed by atoms with Crippen molar-refractivity contribution in [3.63, 3.8) is 0 Å². The Kier molecular flexibility index (Phi) is 32.1. The molecule has 38 heavy (non-hydrogen) atoms. The molecule has 0 aliphatic heterocycles. The van der Waals surface area contributed by atoms with Gasteiger partial charge in [0.2, 0.25) is 0 Å². The third-order valence-corrected chi connectivity index (χ3v) is 5.99. The van der Waals surface area contributed by atoms with Gasteiger partial charge in [-0.3, -0.25) is 4.79 Å². The maximum Gasteiger partial charge on any atom is 0.305 e. The van der Waals surface area contributed by atoms with Gasteiger partial charge in [0.05, 0.1) is 46.2 Å². The predicted molar refractivity (Wildman–Crippen MR) is 155 cm³/mol. The monoisotopic (exact) mass is 536 g/mol. The van der Waals surface area contributed by atoms with Crippen molar-refractivity contribution in [3.8, 4) is 23.7 Å². The highest BCUT2D eigenvalue weighted by molar-refractivity contribution is 5.69. The van der Waals surface area contributed by atoms with Crippen molar-refractivity contribution in [2.45, 2.75) is 116 Å². The van der Waals surface area contributed by atoms with Crippen LogP contribution in [0.25, 0.3) is 0 Å². The van der Waals surface area contributed by atoms with Gasteiger partial charge in [-0.25, -0.2) is 0 Å². The number of carbonyl (C=O) groups excluding carboxylic acids is 1. The Morgan fingerprint density at radius 2 is 0.947 bits per heavy atom. The van der Waals surface area contributed by atoms with Gasteiger partial charge in [-0.05, 0) is 31.1 Å². The van der Waals surface area contributed by atoms with Crippen molar-refractivity contribution in [3.05, 3.63) is 0 Å². The van der Waals surface area contributed by atoms with E-state index in [0.717, 1.165) is 38.5 Å². The minimum Gasteiger partial charge on any atom is -0.463 e. The normalized spacial score (nSPS) is 10.5. The van der Waals surface area contributed by atoms with Crippen LogP contribution in [0.5, 0.6) is 0 Å². The van der Waals surface area contributed by atoms with Crippen LogP contribution in [0.4, 0.5) is 0 Å². The summed E-state index contributed by atoms with van der Waals surface area (Å²) < 4.78 is 26.2. The average molecular weight is 537 g/mol. The van der Waals surface area contributed by atoms with E-state index in [1.807, 2.05) is 0 Å². The molecule has 0 aromatic carbocycles.